The zero-order chi connectivity index (χ0) is 29.3. The van der Waals surface area contributed by atoms with Gasteiger partial charge >= 0.3 is 12.1 Å². The lowest BCUT2D eigenvalue weighted by Gasteiger charge is -2.36. The molecule has 1 aromatic carbocycles. The maximum atomic E-state index is 14.4. The molecule has 41 heavy (non-hydrogen) atoms. The standard InChI is InChI=1S/C31H43FN4O5/c1-5-40-26(37)18-35-17-23(22-16-33-24-15-20(32)11-12-21(22)24)28-25(35)13-14-36(28)29(38)27(19-9-7-6-8-10-19)34-30(39)41-31(2,3)4/h11-12,15-16,19,23,25,27-28,33H,5-10,13-14,17-18H2,1-4H3,(H,34,39)/t23-,25-,27+,28-/m1/s1. The number of ether oxygens (including phenoxy) is 2. The summed E-state index contributed by atoms with van der Waals surface area (Å²) < 4.78 is 24.8. The highest BCUT2D eigenvalue weighted by Gasteiger charge is 2.53. The van der Waals surface area contributed by atoms with Gasteiger partial charge < -0.3 is 24.7 Å². The Labute approximate surface area is 241 Å². The number of H-pyrrole nitrogens is 1. The van der Waals surface area contributed by atoms with E-state index >= 15 is 0 Å². The van der Waals surface area contributed by atoms with Gasteiger partial charge in [-0.25, -0.2) is 9.18 Å². The summed E-state index contributed by atoms with van der Waals surface area (Å²) in [5, 5.41) is 3.86. The van der Waals surface area contributed by atoms with Gasteiger partial charge in [0.25, 0.3) is 0 Å². The number of fused-ring (bicyclic) bond motifs is 2. The maximum Gasteiger partial charge on any atom is 0.408 e. The minimum Gasteiger partial charge on any atom is -0.465 e. The lowest BCUT2D eigenvalue weighted by molar-refractivity contribution is -0.144. The van der Waals surface area contributed by atoms with Crippen LogP contribution in [-0.2, 0) is 19.1 Å². The maximum absolute atomic E-state index is 14.4. The van der Waals surface area contributed by atoms with Crippen molar-refractivity contribution in [3.63, 3.8) is 0 Å². The highest BCUT2D eigenvalue weighted by atomic mass is 19.1. The molecule has 3 aliphatic rings. The Bertz CT molecular complexity index is 1270. The van der Waals surface area contributed by atoms with Gasteiger partial charge in [0.2, 0.25) is 5.91 Å². The number of amides is 2. The summed E-state index contributed by atoms with van der Waals surface area (Å²) in [6, 6.07) is 3.78. The summed E-state index contributed by atoms with van der Waals surface area (Å²) in [6.45, 7) is 8.76. The van der Waals surface area contributed by atoms with Crippen LogP contribution in [0.1, 0.15) is 77.7 Å². The van der Waals surface area contributed by atoms with Gasteiger partial charge in [-0.2, -0.15) is 0 Å². The quantitative estimate of drug-likeness (QED) is 0.468. The molecule has 2 aliphatic heterocycles. The second-order valence-corrected chi connectivity index (χ2v) is 12.7. The van der Waals surface area contributed by atoms with E-state index in [1.807, 2.05) is 31.9 Å². The van der Waals surface area contributed by atoms with Gasteiger partial charge in [-0.3, -0.25) is 14.5 Å². The fraction of sp³-hybridized carbons (Fsp3) is 0.645. The van der Waals surface area contributed by atoms with Crippen LogP contribution in [0.2, 0.25) is 0 Å². The number of aromatic nitrogens is 1. The second-order valence-electron chi connectivity index (χ2n) is 12.7. The molecule has 1 aromatic heterocycles. The topological polar surface area (TPSA) is 104 Å². The second kappa shape index (κ2) is 12.0. The average Bonchev–Trinajstić information content (AvgIpc) is 3.61. The number of halogens is 1. The third-order valence-corrected chi connectivity index (χ3v) is 8.79. The van der Waals surface area contributed by atoms with E-state index in [2.05, 4.69) is 15.2 Å². The number of carbonyl (C=O) groups excluding carboxylic acids is 3. The number of carbonyl (C=O) groups is 3. The minimum atomic E-state index is -0.680. The first-order chi connectivity index (χ1) is 19.6. The molecule has 224 valence electrons. The smallest absolute Gasteiger partial charge is 0.408 e. The van der Waals surface area contributed by atoms with Crippen molar-refractivity contribution >= 4 is 28.9 Å². The van der Waals surface area contributed by atoms with Crippen molar-refractivity contribution in [2.45, 2.75) is 95.9 Å². The van der Waals surface area contributed by atoms with Gasteiger partial charge in [-0.1, -0.05) is 19.3 Å². The Morgan fingerprint density at radius 2 is 1.90 bits per heavy atom. The van der Waals surface area contributed by atoms with Gasteiger partial charge in [0.15, 0.2) is 0 Å². The zero-order valence-electron chi connectivity index (χ0n) is 24.6. The number of hydrogen-bond donors (Lipinski definition) is 2. The summed E-state index contributed by atoms with van der Waals surface area (Å²) in [5.74, 6) is -0.767. The van der Waals surface area contributed by atoms with Crippen molar-refractivity contribution in [2.75, 3.05) is 26.2 Å². The number of nitrogens with zero attached hydrogens (tertiary/aromatic N) is 2. The van der Waals surface area contributed by atoms with Gasteiger partial charge in [-0.05, 0) is 76.6 Å². The summed E-state index contributed by atoms with van der Waals surface area (Å²) in [7, 11) is 0. The van der Waals surface area contributed by atoms with E-state index in [-0.39, 0.29) is 48.2 Å². The largest absolute Gasteiger partial charge is 0.465 e. The number of rotatable bonds is 7. The molecule has 2 aromatic rings. The number of alkyl carbamates (subject to hydrolysis) is 1. The zero-order valence-corrected chi connectivity index (χ0v) is 24.6. The van der Waals surface area contributed by atoms with Crippen molar-refractivity contribution in [1.29, 1.82) is 0 Å². The first kappa shape index (κ1) is 29.4. The summed E-state index contributed by atoms with van der Waals surface area (Å²) in [5.41, 5.74) is 1.01. The Balaban J connectivity index is 1.46. The predicted molar refractivity (Wildman–Crippen MR) is 153 cm³/mol. The van der Waals surface area contributed by atoms with Crippen LogP contribution in [0.4, 0.5) is 9.18 Å². The molecular weight excluding hydrogens is 527 g/mol. The van der Waals surface area contributed by atoms with Crippen LogP contribution in [0.5, 0.6) is 0 Å². The summed E-state index contributed by atoms with van der Waals surface area (Å²) in [4.78, 5) is 47.1. The number of likely N-dealkylation sites (tertiary alicyclic amines) is 2. The molecule has 9 nitrogen and oxygen atoms in total. The molecule has 0 unspecified atom stereocenters. The molecule has 0 spiro atoms. The monoisotopic (exact) mass is 570 g/mol. The van der Waals surface area contributed by atoms with Crippen molar-refractivity contribution in [3.8, 4) is 0 Å². The summed E-state index contributed by atoms with van der Waals surface area (Å²) in [6.07, 6.45) is 6.97. The minimum absolute atomic E-state index is 0.0349. The molecule has 2 amide bonds. The van der Waals surface area contributed by atoms with Crippen molar-refractivity contribution in [1.82, 2.24) is 20.1 Å². The first-order valence-corrected chi connectivity index (χ1v) is 15.0. The van der Waals surface area contributed by atoms with E-state index in [9.17, 15) is 18.8 Å². The Morgan fingerprint density at radius 1 is 1.15 bits per heavy atom. The van der Waals surface area contributed by atoms with E-state index in [1.54, 1.807) is 13.0 Å². The van der Waals surface area contributed by atoms with E-state index in [0.29, 0.717) is 31.6 Å². The van der Waals surface area contributed by atoms with E-state index in [1.165, 1.54) is 12.1 Å². The fourth-order valence-electron chi connectivity index (χ4n) is 7.16. The molecule has 10 heteroatoms. The lowest BCUT2D eigenvalue weighted by Crippen LogP contribution is -2.55. The van der Waals surface area contributed by atoms with Crippen LogP contribution in [0.15, 0.2) is 24.4 Å². The number of aromatic amines is 1. The fourth-order valence-corrected chi connectivity index (χ4v) is 7.16. The van der Waals surface area contributed by atoms with Gasteiger partial charge in [0, 0.05) is 42.1 Å². The molecule has 3 heterocycles. The number of esters is 1. The first-order valence-electron chi connectivity index (χ1n) is 15.0. The molecule has 0 radical (unpaired) electrons. The van der Waals surface area contributed by atoms with Crippen LogP contribution in [0.25, 0.3) is 10.9 Å². The molecule has 5 rings (SSSR count). The highest BCUT2D eigenvalue weighted by molar-refractivity contribution is 5.88. The van der Waals surface area contributed by atoms with Gasteiger partial charge in [0.1, 0.15) is 17.5 Å². The number of nitrogens with one attached hydrogen (secondary N) is 2. The van der Waals surface area contributed by atoms with Crippen molar-refractivity contribution < 1.29 is 28.2 Å². The normalized spacial score (nSPS) is 24.3. The van der Waals surface area contributed by atoms with Crippen LogP contribution in [0.3, 0.4) is 0 Å². The highest BCUT2D eigenvalue weighted by Crippen LogP contribution is 2.44. The van der Waals surface area contributed by atoms with E-state index < -0.39 is 17.7 Å². The average molecular weight is 571 g/mol. The number of benzene rings is 1. The molecule has 2 saturated heterocycles. The SMILES string of the molecule is CCOC(=O)CN1C[C@H](c2c[nH]c3cc(F)ccc23)[C@@H]2[C@H]1CCN2C(=O)[C@@H](NC(=O)OC(C)(C)C)C1CCCCC1. The molecular formula is C31H43FN4O5. The van der Waals surface area contributed by atoms with Crippen molar-refractivity contribution in [2.24, 2.45) is 5.92 Å². The van der Waals surface area contributed by atoms with Gasteiger partial charge in [0.05, 0.1) is 19.2 Å². The Kier molecular flexibility index (Phi) is 8.59. The van der Waals surface area contributed by atoms with Crippen LogP contribution in [0, 0.1) is 11.7 Å². The number of hydrogen-bond acceptors (Lipinski definition) is 6. The third kappa shape index (κ3) is 6.37. The Hall–Kier alpha value is -3.14. The molecule has 1 saturated carbocycles. The Morgan fingerprint density at radius 3 is 2.61 bits per heavy atom. The molecule has 2 N–H and O–H groups in total. The van der Waals surface area contributed by atoms with E-state index in [4.69, 9.17) is 9.47 Å². The van der Waals surface area contributed by atoms with Crippen LogP contribution in [-0.4, -0.2) is 82.7 Å². The van der Waals surface area contributed by atoms with Crippen LogP contribution < -0.4 is 5.32 Å². The molecule has 1 aliphatic carbocycles. The van der Waals surface area contributed by atoms with Gasteiger partial charge in [-0.15, -0.1) is 0 Å². The predicted octanol–water partition coefficient (Wildman–Crippen LogP) is 4.71. The molecule has 0 bridgehead atoms. The van der Waals surface area contributed by atoms with E-state index in [0.717, 1.165) is 43.1 Å². The van der Waals surface area contributed by atoms with Crippen molar-refractivity contribution in [3.05, 3.63) is 35.8 Å². The third-order valence-electron chi connectivity index (χ3n) is 8.79. The molecule has 4 atom stereocenters. The molecule has 3 fully saturated rings. The summed E-state index contributed by atoms with van der Waals surface area (Å²) >= 11 is 0. The van der Waals surface area contributed by atoms with Crippen LogP contribution >= 0.6 is 0 Å². The lowest BCUT2D eigenvalue weighted by atomic mass is 9.83.